The van der Waals surface area contributed by atoms with E-state index in [1.807, 2.05) is 56.3 Å². The fourth-order valence-electron chi connectivity index (χ4n) is 3.80. The number of carbonyl (C=O) groups is 1. The van der Waals surface area contributed by atoms with Gasteiger partial charge in [0.2, 0.25) is 10.0 Å². The maximum absolute atomic E-state index is 13.0. The quantitative estimate of drug-likeness (QED) is 0.777. The first kappa shape index (κ1) is 19.7. The molecule has 0 radical (unpaired) electrons. The lowest BCUT2D eigenvalue weighted by molar-refractivity contribution is -0.128. The van der Waals surface area contributed by atoms with Gasteiger partial charge in [0.25, 0.3) is 5.91 Å². The Bertz CT molecular complexity index is 1080. The van der Waals surface area contributed by atoms with Gasteiger partial charge in [0.15, 0.2) is 0 Å². The van der Waals surface area contributed by atoms with Gasteiger partial charge in [-0.1, -0.05) is 35.9 Å². The van der Waals surface area contributed by atoms with Crippen LogP contribution in [0.1, 0.15) is 16.7 Å². The van der Waals surface area contributed by atoms with Crippen LogP contribution in [0.2, 0.25) is 0 Å². The number of hydrogen-bond donors (Lipinski definition) is 0. The fourth-order valence-corrected chi connectivity index (χ4v) is 5.43. The zero-order chi connectivity index (χ0) is 20.6. The number of ether oxygens (including phenoxy) is 1. The molecule has 2 aromatic carbocycles. The number of para-hydroxylation sites is 1. The Hall–Kier alpha value is -2.64. The smallest absolute Gasteiger partial charge is 0.253 e. The minimum absolute atomic E-state index is 0.0944. The molecule has 2 aliphatic rings. The van der Waals surface area contributed by atoms with Crippen molar-refractivity contribution in [1.29, 1.82) is 0 Å². The summed E-state index contributed by atoms with van der Waals surface area (Å²) >= 11 is 0. The van der Waals surface area contributed by atoms with E-state index in [9.17, 15) is 13.2 Å². The maximum atomic E-state index is 13.0. The molecule has 0 bridgehead atoms. The number of rotatable bonds is 3. The Balaban J connectivity index is 1.46. The summed E-state index contributed by atoms with van der Waals surface area (Å²) in [5, 5.41) is 0. The molecule has 0 aliphatic carbocycles. The molecule has 29 heavy (non-hydrogen) atoms. The van der Waals surface area contributed by atoms with Crippen molar-refractivity contribution >= 4 is 22.0 Å². The first-order valence-corrected chi connectivity index (χ1v) is 11.1. The highest BCUT2D eigenvalue weighted by molar-refractivity contribution is 7.89. The number of sulfonamides is 1. The van der Waals surface area contributed by atoms with Crippen LogP contribution in [0.15, 0.2) is 52.9 Å². The summed E-state index contributed by atoms with van der Waals surface area (Å²) in [6.45, 7) is 5.28. The highest BCUT2D eigenvalue weighted by Crippen LogP contribution is 2.27. The molecule has 0 N–H and O–H groups in total. The zero-order valence-electron chi connectivity index (χ0n) is 16.6. The molecular formula is C22H24N2O4S. The van der Waals surface area contributed by atoms with Crippen molar-refractivity contribution in [3.63, 3.8) is 0 Å². The minimum Gasteiger partial charge on any atom is -0.488 e. The average molecular weight is 413 g/mol. The molecule has 2 heterocycles. The molecular weight excluding hydrogens is 388 g/mol. The highest BCUT2D eigenvalue weighted by atomic mass is 32.2. The summed E-state index contributed by atoms with van der Waals surface area (Å²) in [7, 11) is -3.57. The molecule has 1 amide bonds. The summed E-state index contributed by atoms with van der Waals surface area (Å²) in [6, 6.07) is 12.9. The summed E-state index contributed by atoms with van der Waals surface area (Å²) in [5.74, 6) is 0.677. The summed E-state index contributed by atoms with van der Waals surface area (Å²) < 4.78 is 33.2. The van der Waals surface area contributed by atoms with Crippen molar-refractivity contribution in [1.82, 2.24) is 9.21 Å². The predicted octanol–water partition coefficient (Wildman–Crippen LogP) is 2.61. The highest BCUT2D eigenvalue weighted by Gasteiger charge is 2.32. The lowest BCUT2D eigenvalue weighted by Gasteiger charge is -2.35. The molecule has 0 aromatic heterocycles. The molecule has 4 rings (SSSR count). The van der Waals surface area contributed by atoms with E-state index in [1.165, 1.54) is 4.31 Å². The van der Waals surface area contributed by atoms with Crippen molar-refractivity contribution in [2.45, 2.75) is 18.7 Å². The van der Waals surface area contributed by atoms with Gasteiger partial charge in [0.05, 0.1) is 10.5 Å². The Labute approximate surface area is 171 Å². The van der Waals surface area contributed by atoms with Crippen molar-refractivity contribution in [2.75, 3.05) is 32.8 Å². The number of aryl methyl sites for hydroxylation is 2. The molecule has 0 atom stereocenters. The van der Waals surface area contributed by atoms with Gasteiger partial charge in [-0.2, -0.15) is 4.31 Å². The van der Waals surface area contributed by atoms with Gasteiger partial charge in [-0.3, -0.25) is 4.79 Å². The van der Waals surface area contributed by atoms with E-state index >= 15 is 0 Å². The van der Waals surface area contributed by atoms with Crippen LogP contribution >= 0.6 is 0 Å². The van der Waals surface area contributed by atoms with Crippen LogP contribution in [0, 0.1) is 13.8 Å². The topological polar surface area (TPSA) is 66.9 Å². The lowest BCUT2D eigenvalue weighted by Crippen LogP contribution is -2.51. The molecule has 1 fully saturated rings. The Morgan fingerprint density at radius 2 is 1.72 bits per heavy atom. The van der Waals surface area contributed by atoms with Gasteiger partial charge in [-0.15, -0.1) is 0 Å². The monoisotopic (exact) mass is 412 g/mol. The minimum atomic E-state index is -3.57. The molecule has 0 unspecified atom stereocenters. The average Bonchev–Trinajstić information content (AvgIpc) is 2.72. The number of nitrogens with zero attached hydrogens (tertiary/aromatic N) is 2. The van der Waals surface area contributed by atoms with Gasteiger partial charge in [0, 0.05) is 31.7 Å². The third kappa shape index (κ3) is 3.80. The number of fused-ring (bicyclic) bond motifs is 1. The van der Waals surface area contributed by atoms with Crippen molar-refractivity contribution in [2.24, 2.45) is 0 Å². The first-order chi connectivity index (χ1) is 13.9. The second-order valence-corrected chi connectivity index (χ2v) is 9.37. The Morgan fingerprint density at radius 1 is 1.00 bits per heavy atom. The number of piperazine rings is 1. The van der Waals surface area contributed by atoms with Crippen LogP contribution in [-0.4, -0.2) is 56.3 Å². The normalized spacial score (nSPS) is 17.3. The van der Waals surface area contributed by atoms with Crippen LogP contribution in [-0.2, 0) is 14.8 Å². The number of carbonyl (C=O) groups excluding carboxylic acids is 1. The third-order valence-corrected chi connectivity index (χ3v) is 7.44. The summed E-state index contributed by atoms with van der Waals surface area (Å²) in [4.78, 5) is 14.9. The third-order valence-electron chi connectivity index (χ3n) is 5.38. The van der Waals surface area contributed by atoms with Crippen LogP contribution in [0.5, 0.6) is 5.75 Å². The van der Waals surface area contributed by atoms with Crippen LogP contribution in [0.3, 0.4) is 0 Å². The Kier molecular flexibility index (Phi) is 5.19. The van der Waals surface area contributed by atoms with Crippen LogP contribution in [0.25, 0.3) is 6.08 Å². The summed E-state index contributed by atoms with van der Waals surface area (Å²) in [6.07, 6.45) is 1.86. The van der Waals surface area contributed by atoms with Gasteiger partial charge in [-0.25, -0.2) is 8.42 Å². The first-order valence-electron chi connectivity index (χ1n) is 9.65. The molecule has 0 saturated carbocycles. The van der Waals surface area contributed by atoms with Gasteiger partial charge < -0.3 is 9.64 Å². The zero-order valence-corrected chi connectivity index (χ0v) is 17.4. The summed E-state index contributed by atoms with van der Waals surface area (Å²) in [5.41, 5.74) is 3.25. The van der Waals surface area contributed by atoms with E-state index in [4.69, 9.17) is 4.74 Å². The van der Waals surface area contributed by atoms with E-state index < -0.39 is 10.0 Å². The maximum Gasteiger partial charge on any atom is 0.253 e. The molecule has 6 nitrogen and oxygen atoms in total. The van der Waals surface area contributed by atoms with Crippen LogP contribution < -0.4 is 4.74 Å². The SMILES string of the molecule is Cc1ccc(S(=O)(=O)N2CCN(C(=O)C3=Cc4ccccc4OC3)CC2)c(C)c1. The fraction of sp³-hybridized carbons (Fsp3) is 0.318. The lowest BCUT2D eigenvalue weighted by atomic mass is 10.1. The van der Waals surface area contributed by atoms with Crippen LogP contribution in [0.4, 0.5) is 0 Å². The standard InChI is InChI=1S/C22H24N2O4S/c1-16-7-8-21(17(2)13-16)29(26,27)24-11-9-23(10-12-24)22(25)19-14-18-5-3-4-6-20(18)28-15-19/h3-8,13-14H,9-12,15H2,1-2H3. The molecule has 7 heteroatoms. The van der Waals surface area contributed by atoms with Crippen molar-refractivity contribution in [3.05, 3.63) is 64.7 Å². The largest absolute Gasteiger partial charge is 0.488 e. The molecule has 2 aliphatic heterocycles. The van der Waals surface area contributed by atoms with Gasteiger partial charge >= 0.3 is 0 Å². The van der Waals surface area contributed by atoms with E-state index in [0.717, 1.165) is 22.4 Å². The van der Waals surface area contributed by atoms with E-state index in [-0.39, 0.29) is 25.6 Å². The molecule has 1 saturated heterocycles. The van der Waals surface area contributed by atoms with Crippen molar-refractivity contribution < 1.29 is 17.9 Å². The Morgan fingerprint density at radius 3 is 2.45 bits per heavy atom. The van der Waals surface area contributed by atoms with Crippen molar-refractivity contribution in [3.8, 4) is 5.75 Å². The molecule has 0 spiro atoms. The number of benzene rings is 2. The van der Waals surface area contributed by atoms with E-state index in [0.29, 0.717) is 23.6 Å². The second-order valence-electron chi connectivity index (χ2n) is 7.46. The van der Waals surface area contributed by atoms with E-state index in [2.05, 4.69) is 0 Å². The number of hydrogen-bond acceptors (Lipinski definition) is 4. The number of amides is 1. The van der Waals surface area contributed by atoms with E-state index in [1.54, 1.807) is 11.0 Å². The molecule has 152 valence electrons. The predicted molar refractivity (Wildman–Crippen MR) is 111 cm³/mol. The van der Waals surface area contributed by atoms with Gasteiger partial charge in [-0.05, 0) is 37.6 Å². The second kappa shape index (κ2) is 7.65. The molecule has 2 aromatic rings. The van der Waals surface area contributed by atoms with Gasteiger partial charge in [0.1, 0.15) is 12.4 Å².